The molecule has 3 N–H and O–H groups in total. The first-order chi connectivity index (χ1) is 9.96. The van der Waals surface area contributed by atoms with Gasteiger partial charge in [0.05, 0.1) is 5.75 Å². The number of benzene rings is 1. The van der Waals surface area contributed by atoms with Crippen molar-refractivity contribution in [3.63, 3.8) is 0 Å². The number of hydrogen-bond acceptors (Lipinski definition) is 4. The summed E-state index contributed by atoms with van der Waals surface area (Å²) in [5, 5.41) is 0. The minimum absolute atomic E-state index is 0.0628. The summed E-state index contributed by atoms with van der Waals surface area (Å²) in [7, 11) is -3.35. The van der Waals surface area contributed by atoms with Crippen molar-refractivity contribution in [2.24, 2.45) is 11.7 Å². The fraction of sp³-hybridized carbons (Fsp3) is 0.500. The Labute approximate surface area is 130 Å². The number of rotatable bonds is 6. The van der Waals surface area contributed by atoms with Crippen molar-refractivity contribution in [1.82, 2.24) is 4.72 Å². The molecule has 1 saturated heterocycles. The average molecular weight is 328 g/mol. The third-order valence-corrected chi connectivity index (χ3v) is 5.06. The van der Waals surface area contributed by atoms with Crippen molar-refractivity contribution in [1.29, 1.82) is 0 Å². The molecule has 0 spiro atoms. The van der Waals surface area contributed by atoms with Crippen molar-refractivity contribution in [3.05, 3.63) is 35.4 Å². The van der Waals surface area contributed by atoms with Gasteiger partial charge in [-0.2, -0.15) is 0 Å². The van der Waals surface area contributed by atoms with E-state index in [1.807, 2.05) is 0 Å². The molecule has 1 aliphatic heterocycles. The molecule has 2 rings (SSSR count). The predicted molar refractivity (Wildman–Crippen MR) is 86.5 cm³/mol. The third kappa shape index (κ3) is 5.35. The molecule has 0 atom stereocenters. The SMILES string of the molecule is NC(=S)c1cccc(CS(=O)(=O)NCC2CCOCC2)c1. The van der Waals surface area contributed by atoms with Gasteiger partial charge in [-0.25, -0.2) is 13.1 Å². The van der Waals surface area contributed by atoms with Crippen molar-refractivity contribution in [3.8, 4) is 0 Å². The highest BCUT2D eigenvalue weighted by molar-refractivity contribution is 7.88. The molecule has 1 aromatic rings. The molecule has 1 heterocycles. The quantitative estimate of drug-likeness (QED) is 0.766. The van der Waals surface area contributed by atoms with Crippen LogP contribution in [0.3, 0.4) is 0 Å². The Kier molecular flexibility index (Phi) is 5.69. The maximum absolute atomic E-state index is 12.1. The first-order valence-electron chi connectivity index (χ1n) is 6.90. The smallest absolute Gasteiger partial charge is 0.215 e. The summed E-state index contributed by atoms with van der Waals surface area (Å²) in [4.78, 5) is 0.268. The fourth-order valence-electron chi connectivity index (χ4n) is 2.28. The highest BCUT2D eigenvalue weighted by Gasteiger charge is 2.18. The van der Waals surface area contributed by atoms with Crippen LogP contribution in [-0.2, 0) is 20.5 Å². The van der Waals surface area contributed by atoms with Gasteiger partial charge in [-0.15, -0.1) is 0 Å². The normalized spacial score (nSPS) is 16.8. The molecule has 5 nitrogen and oxygen atoms in total. The summed E-state index contributed by atoms with van der Waals surface area (Å²) in [6.07, 6.45) is 1.80. The molecule has 0 bridgehead atoms. The van der Waals surface area contributed by atoms with Crippen LogP contribution in [0.25, 0.3) is 0 Å². The van der Waals surface area contributed by atoms with Crippen molar-refractivity contribution >= 4 is 27.2 Å². The fourth-order valence-corrected chi connectivity index (χ4v) is 3.62. The summed E-state index contributed by atoms with van der Waals surface area (Å²) < 4.78 is 32.2. The Bertz CT molecular complexity index is 596. The van der Waals surface area contributed by atoms with Gasteiger partial charge in [-0.3, -0.25) is 0 Å². The second-order valence-electron chi connectivity index (χ2n) is 5.23. The summed E-state index contributed by atoms with van der Waals surface area (Å²) in [5.74, 6) is 0.295. The van der Waals surface area contributed by atoms with Gasteiger partial charge < -0.3 is 10.5 Å². The third-order valence-electron chi connectivity index (χ3n) is 3.50. The minimum Gasteiger partial charge on any atom is -0.389 e. The number of thiocarbonyl (C=S) groups is 1. The zero-order valence-electron chi connectivity index (χ0n) is 11.7. The van der Waals surface area contributed by atoms with Gasteiger partial charge in [0.25, 0.3) is 0 Å². The number of nitrogens with one attached hydrogen (secondary N) is 1. The van der Waals surface area contributed by atoms with Crippen LogP contribution in [0.2, 0.25) is 0 Å². The molecule has 0 unspecified atom stereocenters. The maximum atomic E-state index is 12.1. The molecule has 116 valence electrons. The highest BCUT2D eigenvalue weighted by Crippen LogP contribution is 2.14. The molecule has 0 aromatic heterocycles. The zero-order valence-corrected chi connectivity index (χ0v) is 13.4. The van der Waals surface area contributed by atoms with Crippen LogP contribution in [0.5, 0.6) is 0 Å². The lowest BCUT2D eigenvalue weighted by atomic mass is 10.0. The molecule has 0 aliphatic carbocycles. The molecule has 1 aliphatic rings. The van der Waals surface area contributed by atoms with E-state index in [1.165, 1.54) is 0 Å². The van der Waals surface area contributed by atoms with E-state index in [0.717, 1.165) is 12.8 Å². The lowest BCUT2D eigenvalue weighted by molar-refractivity contribution is 0.0678. The molecular weight excluding hydrogens is 308 g/mol. The molecule has 0 radical (unpaired) electrons. The van der Waals surface area contributed by atoms with Crippen molar-refractivity contribution in [2.45, 2.75) is 18.6 Å². The van der Waals surface area contributed by atoms with Gasteiger partial charge in [-0.05, 0) is 30.4 Å². The zero-order chi connectivity index (χ0) is 15.3. The lowest BCUT2D eigenvalue weighted by Gasteiger charge is -2.22. The van der Waals surface area contributed by atoms with Gasteiger partial charge in [0, 0.05) is 25.3 Å². The molecule has 1 aromatic carbocycles. The second kappa shape index (κ2) is 7.31. The molecule has 0 saturated carbocycles. The Balaban J connectivity index is 1.93. The van der Waals surface area contributed by atoms with Crippen molar-refractivity contribution in [2.75, 3.05) is 19.8 Å². The van der Waals surface area contributed by atoms with Gasteiger partial charge >= 0.3 is 0 Å². The number of ether oxygens (including phenoxy) is 1. The highest BCUT2D eigenvalue weighted by atomic mass is 32.2. The van der Waals surface area contributed by atoms with E-state index in [1.54, 1.807) is 24.3 Å². The van der Waals surface area contributed by atoms with E-state index in [-0.39, 0.29) is 10.7 Å². The van der Waals surface area contributed by atoms with E-state index in [2.05, 4.69) is 4.72 Å². The maximum Gasteiger partial charge on any atom is 0.215 e. The van der Waals surface area contributed by atoms with E-state index in [0.29, 0.717) is 36.8 Å². The van der Waals surface area contributed by atoms with Crippen LogP contribution in [0, 0.1) is 5.92 Å². The minimum atomic E-state index is -3.35. The van der Waals surface area contributed by atoms with Gasteiger partial charge in [0.1, 0.15) is 4.99 Å². The monoisotopic (exact) mass is 328 g/mol. The van der Waals surface area contributed by atoms with Gasteiger partial charge in [0.15, 0.2) is 0 Å². The predicted octanol–water partition coefficient (Wildman–Crippen LogP) is 1.17. The summed E-state index contributed by atoms with van der Waals surface area (Å²) in [6.45, 7) is 1.89. The summed E-state index contributed by atoms with van der Waals surface area (Å²) in [5.41, 5.74) is 6.92. The standard InChI is InChI=1S/C14H20N2O3S2/c15-14(20)13-3-1-2-12(8-13)10-21(17,18)16-9-11-4-6-19-7-5-11/h1-3,8,11,16H,4-7,9-10H2,(H2,15,20). The van der Waals surface area contributed by atoms with Gasteiger partial charge in [0.2, 0.25) is 10.0 Å². The van der Waals surface area contributed by atoms with Crippen LogP contribution >= 0.6 is 12.2 Å². The molecule has 7 heteroatoms. The number of nitrogens with two attached hydrogens (primary N) is 1. The largest absolute Gasteiger partial charge is 0.389 e. The van der Waals surface area contributed by atoms with E-state index in [9.17, 15) is 8.42 Å². The van der Waals surface area contributed by atoms with E-state index >= 15 is 0 Å². The number of hydrogen-bond donors (Lipinski definition) is 2. The topological polar surface area (TPSA) is 81.4 Å². The lowest BCUT2D eigenvalue weighted by Crippen LogP contribution is -2.33. The van der Waals surface area contributed by atoms with Crippen LogP contribution in [0.1, 0.15) is 24.0 Å². The Morgan fingerprint density at radius 1 is 1.38 bits per heavy atom. The van der Waals surface area contributed by atoms with E-state index < -0.39 is 10.0 Å². The van der Waals surface area contributed by atoms with Crippen LogP contribution in [0.4, 0.5) is 0 Å². The Morgan fingerprint density at radius 2 is 2.10 bits per heavy atom. The average Bonchev–Trinajstić information content (AvgIpc) is 2.46. The molecule has 1 fully saturated rings. The summed E-state index contributed by atoms with van der Waals surface area (Å²) >= 11 is 4.90. The first kappa shape index (κ1) is 16.4. The molecule has 0 amide bonds. The van der Waals surface area contributed by atoms with Crippen molar-refractivity contribution < 1.29 is 13.2 Å². The molecule has 21 heavy (non-hydrogen) atoms. The Morgan fingerprint density at radius 3 is 2.76 bits per heavy atom. The van der Waals surface area contributed by atoms with Crippen LogP contribution in [-0.4, -0.2) is 33.2 Å². The second-order valence-corrected chi connectivity index (χ2v) is 7.47. The Hall–Kier alpha value is -1.02. The summed E-state index contributed by atoms with van der Waals surface area (Å²) in [6, 6.07) is 7.01. The molecular formula is C14H20N2O3S2. The first-order valence-corrected chi connectivity index (χ1v) is 8.96. The van der Waals surface area contributed by atoms with Crippen LogP contribution in [0.15, 0.2) is 24.3 Å². The van der Waals surface area contributed by atoms with E-state index in [4.69, 9.17) is 22.7 Å². The van der Waals surface area contributed by atoms with Gasteiger partial charge in [-0.1, -0.05) is 30.4 Å². The van der Waals surface area contributed by atoms with Crippen LogP contribution < -0.4 is 10.5 Å². The number of sulfonamides is 1.